The summed E-state index contributed by atoms with van der Waals surface area (Å²) in [7, 11) is 1.74. The second kappa shape index (κ2) is 4.74. The molecule has 5 heteroatoms. The molecule has 18 heavy (non-hydrogen) atoms. The highest BCUT2D eigenvalue weighted by Gasteiger charge is 2.28. The molecule has 0 saturated heterocycles. The molecule has 1 aromatic rings. The van der Waals surface area contributed by atoms with Gasteiger partial charge in [-0.2, -0.15) is 0 Å². The number of likely N-dealkylation sites (N-methyl/N-ethyl adjacent to an activating group) is 1. The Kier molecular flexibility index (Phi) is 3.45. The fourth-order valence-corrected chi connectivity index (χ4v) is 1.93. The Morgan fingerprint density at radius 3 is 2.78 bits per heavy atom. The number of alkyl halides is 1. The number of hydrogen-bond acceptors (Lipinski definition) is 4. The Hall–Kier alpha value is -1.33. The van der Waals surface area contributed by atoms with Crippen molar-refractivity contribution in [2.45, 2.75) is 25.6 Å². The largest absolute Gasteiger partial charge is 0.454 e. The molecule has 2 N–H and O–H groups in total. The third-order valence-electron chi connectivity index (χ3n) is 2.94. The molecule has 0 aliphatic carbocycles. The number of fused-ring (bicyclic) bond motifs is 1. The molecule has 1 heterocycles. The Morgan fingerprint density at radius 2 is 2.17 bits per heavy atom. The molecule has 4 nitrogen and oxygen atoms in total. The van der Waals surface area contributed by atoms with Crippen molar-refractivity contribution < 1.29 is 19.0 Å². The van der Waals surface area contributed by atoms with Crippen LogP contribution in [0.4, 0.5) is 4.39 Å². The highest BCUT2D eigenvalue weighted by molar-refractivity contribution is 5.53. The molecule has 0 saturated carbocycles. The summed E-state index contributed by atoms with van der Waals surface area (Å²) in [5.41, 5.74) is -0.466. The van der Waals surface area contributed by atoms with Crippen LogP contribution in [0.5, 0.6) is 11.5 Å². The molecule has 0 spiro atoms. The van der Waals surface area contributed by atoms with E-state index in [1.165, 1.54) is 13.8 Å². The van der Waals surface area contributed by atoms with Crippen LogP contribution in [0.25, 0.3) is 0 Å². The van der Waals surface area contributed by atoms with Gasteiger partial charge in [0, 0.05) is 12.1 Å². The van der Waals surface area contributed by atoms with Gasteiger partial charge in [-0.1, -0.05) is 0 Å². The Morgan fingerprint density at radius 1 is 1.44 bits per heavy atom. The first-order valence-electron chi connectivity index (χ1n) is 5.89. The first-order chi connectivity index (χ1) is 8.43. The van der Waals surface area contributed by atoms with Crippen molar-refractivity contribution in [2.75, 3.05) is 20.4 Å². The van der Waals surface area contributed by atoms with E-state index in [0.29, 0.717) is 29.2 Å². The number of benzene rings is 1. The monoisotopic (exact) mass is 255 g/mol. The van der Waals surface area contributed by atoms with Gasteiger partial charge < -0.3 is 19.9 Å². The second-order valence-electron chi connectivity index (χ2n) is 4.85. The lowest BCUT2D eigenvalue weighted by Gasteiger charge is -2.19. The summed E-state index contributed by atoms with van der Waals surface area (Å²) in [4.78, 5) is 0. The van der Waals surface area contributed by atoms with Crippen molar-refractivity contribution in [3.05, 3.63) is 23.3 Å². The van der Waals surface area contributed by atoms with Crippen LogP contribution in [0.3, 0.4) is 0 Å². The number of nitrogens with one attached hydrogen (secondary N) is 1. The van der Waals surface area contributed by atoms with Gasteiger partial charge in [0.1, 0.15) is 5.67 Å². The average Bonchev–Trinajstić information content (AvgIpc) is 2.74. The van der Waals surface area contributed by atoms with E-state index in [9.17, 15) is 9.50 Å². The van der Waals surface area contributed by atoms with E-state index < -0.39 is 11.8 Å². The van der Waals surface area contributed by atoms with Crippen LogP contribution in [0, 0.1) is 0 Å². The van der Waals surface area contributed by atoms with Crippen LogP contribution in [0.2, 0.25) is 0 Å². The molecule has 2 rings (SSSR count). The van der Waals surface area contributed by atoms with E-state index >= 15 is 0 Å². The molecule has 0 bridgehead atoms. The molecule has 0 amide bonds. The van der Waals surface area contributed by atoms with Crippen LogP contribution in [0.15, 0.2) is 12.1 Å². The highest BCUT2D eigenvalue weighted by atomic mass is 19.1. The molecular formula is C13H18FNO3. The van der Waals surface area contributed by atoms with E-state index in [-0.39, 0.29) is 6.79 Å². The first-order valence-corrected chi connectivity index (χ1v) is 5.89. The predicted octanol–water partition coefficient (Wildman–Crippen LogP) is 1.87. The maximum Gasteiger partial charge on any atom is 0.231 e. The van der Waals surface area contributed by atoms with Crippen LogP contribution >= 0.6 is 0 Å². The quantitative estimate of drug-likeness (QED) is 0.862. The molecule has 1 aliphatic heterocycles. The number of rotatable bonds is 4. The predicted molar refractivity (Wildman–Crippen MR) is 65.6 cm³/mol. The molecule has 1 atom stereocenters. The first kappa shape index (κ1) is 13.1. The summed E-state index contributed by atoms with van der Waals surface area (Å²) >= 11 is 0. The van der Waals surface area contributed by atoms with Crippen molar-refractivity contribution in [1.82, 2.24) is 5.32 Å². The number of halogens is 1. The lowest BCUT2D eigenvalue weighted by molar-refractivity contribution is 0.157. The van der Waals surface area contributed by atoms with E-state index in [2.05, 4.69) is 5.32 Å². The van der Waals surface area contributed by atoms with Gasteiger partial charge in [0.25, 0.3) is 0 Å². The van der Waals surface area contributed by atoms with E-state index in [4.69, 9.17) is 9.47 Å². The van der Waals surface area contributed by atoms with Crippen molar-refractivity contribution in [3.63, 3.8) is 0 Å². The Balaban J connectivity index is 2.47. The maximum atomic E-state index is 14.0. The zero-order chi connectivity index (χ0) is 13.3. The van der Waals surface area contributed by atoms with Gasteiger partial charge in [0.2, 0.25) is 6.79 Å². The topological polar surface area (TPSA) is 50.7 Å². The van der Waals surface area contributed by atoms with Gasteiger partial charge in [-0.25, -0.2) is 4.39 Å². The number of aliphatic hydroxyl groups is 1. The normalized spacial score (nSPS) is 15.8. The summed E-state index contributed by atoms with van der Waals surface area (Å²) in [6, 6.07) is 3.26. The number of ether oxygens (including phenoxy) is 2. The van der Waals surface area contributed by atoms with Crippen LogP contribution < -0.4 is 14.8 Å². The second-order valence-corrected chi connectivity index (χ2v) is 4.85. The van der Waals surface area contributed by atoms with E-state index in [1.807, 2.05) is 0 Å². The zero-order valence-electron chi connectivity index (χ0n) is 10.8. The summed E-state index contributed by atoms with van der Waals surface area (Å²) in [6.45, 7) is 3.41. The Labute approximate surface area is 106 Å². The third-order valence-corrected chi connectivity index (χ3v) is 2.94. The zero-order valence-corrected chi connectivity index (χ0v) is 10.8. The van der Waals surface area contributed by atoms with Gasteiger partial charge in [-0.3, -0.25) is 0 Å². The van der Waals surface area contributed by atoms with Crippen molar-refractivity contribution in [3.8, 4) is 11.5 Å². The van der Waals surface area contributed by atoms with Gasteiger partial charge in [-0.15, -0.1) is 0 Å². The summed E-state index contributed by atoms with van der Waals surface area (Å²) in [5, 5.41) is 12.9. The minimum atomic E-state index is -1.49. The summed E-state index contributed by atoms with van der Waals surface area (Å²) in [6.07, 6.45) is -0.757. The molecule has 0 fully saturated rings. The molecule has 1 unspecified atom stereocenters. The van der Waals surface area contributed by atoms with Crippen LogP contribution in [0.1, 0.15) is 31.1 Å². The smallest absolute Gasteiger partial charge is 0.231 e. The molecule has 1 aliphatic rings. The lowest BCUT2D eigenvalue weighted by Crippen LogP contribution is -2.18. The molecule has 1 aromatic carbocycles. The lowest BCUT2D eigenvalue weighted by atomic mass is 9.95. The molecule has 100 valence electrons. The molecular weight excluding hydrogens is 237 g/mol. The fourth-order valence-electron chi connectivity index (χ4n) is 1.93. The maximum absolute atomic E-state index is 14.0. The summed E-state index contributed by atoms with van der Waals surface area (Å²) in [5.74, 6) is 0.995. The highest BCUT2D eigenvalue weighted by Crippen LogP contribution is 2.42. The van der Waals surface area contributed by atoms with Crippen molar-refractivity contribution >= 4 is 0 Å². The minimum Gasteiger partial charge on any atom is -0.454 e. The standard InChI is InChI=1S/C13H18FNO3/c1-13(2,14)8-4-9(10(16)6-15-3)12-11(5-8)17-7-18-12/h4-5,10,15-16H,6-7H2,1-3H3. The molecule has 0 radical (unpaired) electrons. The van der Waals surface area contributed by atoms with Crippen LogP contribution in [-0.4, -0.2) is 25.5 Å². The third kappa shape index (κ3) is 2.42. The van der Waals surface area contributed by atoms with Gasteiger partial charge in [0.15, 0.2) is 11.5 Å². The SMILES string of the molecule is CNCC(O)c1cc(C(C)(C)F)cc2c1OCO2. The van der Waals surface area contributed by atoms with Crippen molar-refractivity contribution in [1.29, 1.82) is 0 Å². The van der Waals surface area contributed by atoms with E-state index in [1.54, 1.807) is 19.2 Å². The molecule has 0 aromatic heterocycles. The fraction of sp³-hybridized carbons (Fsp3) is 0.538. The average molecular weight is 255 g/mol. The van der Waals surface area contributed by atoms with Gasteiger partial charge in [0.05, 0.1) is 6.10 Å². The summed E-state index contributed by atoms with van der Waals surface area (Å²) < 4.78 is 24.6. The van der Waals surface area contributed by atoms with E-state index in [0.717, 1.165) is 0 Å². The number of aliphatic hydroxyl groups excluding tert-OH is 1. The van der Waals surface area contributed by atoms with Crippen LogP contribution in [-0.2, 0) is 5.67 Å². The van der Waals surface area contributed by atoms with Gasteiger partial charge in [-0.05, 0) is 38.6 Å². The number of hydrogen-bond donors (Lipinski definition) is 2. The Bertz CT molecular complexity index is 443. The van der Waals surface area contributed by atoms with Gasteiger partial charge >= 0.3 is 0 Å². The minimum absolute atomic E-state index is 0.102. The van der Waals surface area contributed by atoms with Crippen molar-refractivity contribution in [2.24, 2.45) is 0 Å².